The molecule has 3 rings (SSSR count). The lowest BCUT2D eigenvalue weighted by molar-refractivity contribution is -0.143. The lowest BCUT2D eigenvalue weighted by atomic mass is 9.94. The van der Waals surface area contributed by atoms with Crippen molar-refractivity contribution in [2.75, 3.05) is 19.8 Å². The Labute approximate surface area is 168 Å². The van der Waals surface area contributed by atoms with Crippen molar-refractivity contribution in [2.45, 2.75) is 36.6 Å². The number of benzene rings is 1. The fraction of sp³-hybridized carbons (Fsp3) is 0.500. The van der Waals surface area contributed by atoms with E-state index in [2.05, 4.69) is 0 Å². The van der Waals surface area contributed by atoms with Gasteiger partial charge in [0, 0.05) is 22.0 Å². The van der Waals surface area contributed by atoms with Gasteiger partial charge in [-0.15, -0.1) is 0 Å². The number of carbonyl (C=O) groups is 1. The smallest absolute Gasteiger partial charge is 0.335 e. The molecule has 27 heavy (non-hydrogen) atoms. The van der Waals surface area contributed by atoms with Gasteiger partial charge < -0.3 is 14.2 Å². The Morgan fingerprint density at radius 3 is 2.48 bits per heavy atom. The van der Waals surface area contributed by atoms with E-state index >= 15 is 0 Å². The molecule has 1 spiro atoms. The number of halogens is 2. The molecule has 0 radical (unpaired) electrons. The average Bonchev–Trinajstić information content (AvgIpc) is 3.06. The molecule has 1 atom stereocenters. The highest BCUT2D eigenvalue weighted by Crippen LogP contribution is 2.39. The van der Waals surface area contributed by atoms with Gasteiger partial charge in [-0.1, -0.05) is 29.3 Å². The van der Waals surface area contributed by atoms with E-state index in [9.17, 15) is 13.2 Å². The first-order chi connectivity index (χ1) is 12.8. The number of esters is 1. The van der Waals surface area contributed by atoms with Crippen molar-refractivity contribution < 1.29 is 27.4 Å². The van der Waals surface area contributed by atoms with E-state index < -0.39 is 26.8 Å². The van der Waals surface area contributed by atoms with Crippen LogP contribution in [-0.4, -0.2) is 45.2 Å². The number of hydrogen-bond donors (Lipinski definition) is 0. The molecule has 1 aliphatic heterocycles. The molecule has 0 bridgehead atoms. The normalized spacial score (nSPS) is 21.9. The topological polar surface area (TPSA) is 78.9 Å². The van der Waals surface area contributed by atoms with Crippen molar-refractivity contribution in [2.24, 2.45) is 0 Å². The summed E-state index contributed by atoms with van der Waals surface area (Å²) in [6.45, 7) is 2.57. The van der Waals surface area contributed by atoms with Crippen molar-refractivity contribution in [3.8, 4) is 0 Å². The van der Waals surface area contributed by atoms with Crippen LogP contribution in [0.4, 0.5) is 0 Å². The van der Waals surface area contributed by atoms with Crippen LogP contribution in [0.1, 0.15) is 25.3 Å². The highest BCUT2D eigenvalue weighted by Gasteiger charge is 2.46. The fourth-order valence-corrected chi connectivity index (χ4v) is 5.97. The molecule has 1 heterocycles. The fourth-order valence-electron chi connectivity index (χ4n) is 3.34. The third-order valence-corrected chi connectivity index (χ3v) is 7.36. The van der Waals surface area contributed by atoms with Gasteiger partial charge in [0.25, 0.3) is 0 Å². The van der Waals surface area contributed by atoms with Crippen LogP contribution < -0.4 is 0 Å². The minimum atomic E-state index is -3.79. The second kappa shape index (κ2) is 8.09. The molecule has 0 N–H and O–H groups in total. The SMILES string of the molecule is CCOC(=O)C1=CC2(CCC1S(=O)(=O)Cc1c(Cl)cccc1Cl)OCCO2. The van der Waals surface area contributed by atoms with Crippen LogP contribution in [0.3, 0.4) is 0 Å². The molecular formula is C18H20Cl2O6S. The quantitative estimate of drug-likeness (QED) is 0.661. The zero-order valence-corrected chi connectivity index (χ0v) is 17.1. The summed E-state index contributed by atoms with van der Waals surface area (Å²) in [6, 6.07) is 4.80. The van der Waals surface area contributed by atoms with Crippen LogP contribution in [0.5, 0.6) is 0 Å². The Hall–Kier alpha value is -1.12. The monoisotopic (exact) mass is 434 g/mol. The van der Waals surface area contributed by atoms with E-state index in [-0.39, 0.29) is 34.4 Å². The van der Waals surface area contributed by atoms with Crippen molar-refractivity contribution >= 4 is 39.0 Å². The summed E-state index contributed by atoms with van der Waals surface area (Å²) >= 11 is 12.3. The van der Waals surface area contributed by atoms with Crippen molar-refractivity contribution in [1.82, 2.24) is 0 Å². The van der Waals surface area contributed by atoms with Gasteiger partial charge >= 0.3 is 5.97 Å². The Balaban J connectivity index is 1.96. The largest absolute Gasteiger partial charge is 0.463 e. The summed E-state index contributed by atoms with van der Waals surface area (Å²) < 4.78 is 42.6. The average molecular weight is 435 g/mol. The second-order valence-electron chi connectivity index (χ2n) is 6.36. The van der Waals surface area contributed by atoms with Crippen LogP contribution in [0.15, 0.2) is 29.8 Å². The van der Waals surface area contributed by atoms with Crippen LogP contribution in [0.25, 0.3) is 0 Å². The molecule has 0 saturated carbocycles. The Bertz CT molecular complexity index is 838. The molecule has 1 aromatic carbocycles. The number of rotatable bonds is 5. The lowest BCUT2D eigenvalue weighted by Gasteiger charge is -2.33. The third kappa shape index (κ3) is 4.32. The molecule has 1 aromatic rings. The number of ether oxygens (including phenoxy) is 3. The number of hydrogen-bond acceptors (Lipinski definition) is 6. The highest BCUT2D eigenvalue weighted by molar-refractivity contribution is 7.91. The van der Waals surface area contributed by atoms with Crippen LogP contribution in [0.2, 0.25) is 10.0 Å². The molecule has 1 aliphatic carbocycles. The number of sulfone groups is 1. The molecular weight excluding hydrogens is 415 g/mol. The molecule has 0 amide bonds. The maximum atomic E-state index is 13.1. The molecule has 2 aliphatic rings. The Morgan fingerprint density at radius 1 is 1.26 bits per heavy atom. The van der Waals surface area contributed by atoms with Crippen molar-refractivity contribution in [3.05, 3.63) is 45.5 Å². The maximum Gasteiger partial charge on any atom is 0.335 e. The summed E-state index contributed by atoms with van der Waals surface area (Å²) in [6.07, 6.45) is 1.96. The zero-order chi connectivity index (χ0) is 19.7. The highest BCUT2D eigenvalue weighted by atomic mass is 35.5. The molecule has 9 heteroatoms. The molecule has 6 nitrogen and oxygen atoms in total. The van der Waals surface area contributed by atoms with Crippen molar-refractivity contribution in [3.63, 3.8) is 0 Å². The summed E-state index contributed by atoms with van der Waals surface area (Å²) in [7, 11) is -3.79. The van der Waals surface area contributed by atoms with E-state index in [4.69, 9.17) is 37.4 Å². The summed E-state index contributed by atoms with van der Waals surface area (Å²) in [4.78, 5) is 12.5. The second-order valence-corrected chi connectivity index (χ2v) is 9.36. The summed E-state index contributed by atoms with van der Waals surface area (Å²) in [5.74, 6) is -2.12. The van der Waals surface area contributed by atoms with Gasteiger partial charge in [-0.3, -0.25) is 0 Å². The van der Waals surface area contributed by atoms with Crippen molar-refractivity contribution in [1.29, 1.82) is 0 Å². The van der Waals surface area contributed by atoms with E-state index in [1.54, 1.807) is 25.1 Å². The minimum absolute atomic E-state index is 0.0353. The summed E-state index contributed by atoms with van der Waals surface area (Å²) in [5, 5.41) is -0.507. The Morgan fingerprint density at radius 2 is 1.89 bits per heavy atom. The van der Waals surface area contributed by atoms with E-state index in [0.29, 0.717) is 25.2 Å². The van der Waals surface area contributed by atoms with Gasteiger partial charge in [0.1, 0.15) is 0 Å². The van der Waals surface area contributed by atoms with Gasteiger partial charge in [0.05, 0.1) is 36.4 Å². The Kier molecular flexibility index (Phi) is 6.17. The first kappa shape index (κ1) is 20.6. The predicted molar refractivity (Wildman–Crippen MR) is 101 cm³/mol. The first-order valence-electron chi connectivity index (χ1n) is 8.60. The standard InChI is InChI=1S/C18H20Cl2O6S/c1-2-24-17(21)12-10-18(25-8-9-26-18)7-6-16(12)27(22,23)11-13-14(19)4-3-5-15(13)20/h3-5,10,16H,2,6-9,11H2,1H3. The first-order valence-corrected chi connectivity index (χ1v) is 11.1. The van der Waals surface area contributed by atoms with E-state index in [1.807, 2.05) is 0 Å². The third-order valence-electron chi connectivity index (χ3n) is 4.61. The van der Waals surface area contributed by atoms with Gasteiger partial charge in [-0.25, -0.2) is 13.2 Å². The van der Waals surface area contributed by atoms with Gasteiger partial charge in [0.2, 0.25) is 0 Å². The number of carbonyl (C=O) groups excluding carboxylic acids is 1. The predicted octanol–water partition coefficient (Wildman–Crippen LogP) is 3.30. The molecule has 148 valence electrons. The molecule has 1 saturated heterocycles. The van der Waals surface area contributed by atoms with E-state index in [1.165, 1.54) is 6.08 Å². The van der Waals surface area contributed by atoms with Crippen LogP contribution >= 0.6 is 23.2 Å². The summed E-state index contributed by atoms with van der Waals surface area (Å²) in [5.41, 5.74) is 0.353. The van der Waals surface area contributed by atoms with Gasteiger partial charge in [-0.05, 0) is 31.6 Å². The zero-order valence-electron chi connectivity index (χ0n) is 14.7. The van der Waals surface area contributed by atoms with Gasteiger partial charge in [0.15, 0.2) is 15.6 Å². The van der Waals surface area contributed by atoms with Gasteiger partial charge in [-0.2, -0.15) is 0 Å². The van der Waals surface area contributed by atoms with E-state index in [0.717, 1.165) is 0 Å². The van der Waals surface area contributed by atoms with Crippen LogP contribution in [0, 0.1) is 0 Å². The minimum Gasteiger partial charge on any atom is -0.463 e. The molecule has 1 unspecified atom stereocenters. The molecule has 0 aromatic heterocycles. The molecule has 1 fully saturated rings. The maximum absolute atomic E-state index is 13.1. The lowest BCUT2D eigenvalue weighted by Crippen LogP contribution is -2.41. The van der Waals surface area contributed by atoms with Crippen LogP contribution in [-0.2, 0) is 34.6 Å².